The van der Waals surface area contributed by atoms with E-state index in [-0.39, 0.29) is 24.0 Å². The van der Waals surface area contributed by atoms with E-state index in [2.05, 4.69) is 12.2 Å². The number of carbonyl (C=O) groups is 1. The van der Waals surface area contributed by atoms with Gasteiger partial charge in [-0.25, -0.2) is 0 Å². The summed E-state index contributed by atoms with van der Waals surface area (Å²) in [6, 6.07) is 0. The number of carbonyl (C=O) groups excluding carboxylic acids is 1. The molecule has 13 heavy (non-hydrogen) atoms. The number of nitrogens with one attached hydrogen (secondary N) is 1. The Bertz CT molecular complexity index is 217. The molecule has 0 radical (unpaired) electrons. The van der Waals surface area contributed by atoms with E-state index in [1.807, 2.05) is 0 Å². The van der Waals surface area contributed by atoms with Crippen molar-refractivity contribution < 1.29 is 9.90 Å². The summed E-state index contributed by atoms with van der Waals surface area (Å²) in [6.07, 6.45) is 4.03. The summed E-state index contributed by atoms with van der Waals surface area (Å²) in [5.74, 6) is 0.932. The molecule has 2 unspecified atom stereocenters. The van der Waals surface area contributed by atoms with Crippen LogP contribution in [0.1, 0.15) is 32.6 Å². The van der Waals surface area contributed by atoms with Crippen LogP contribution in [0.15, 0.2) is 0 Å². The highest BCUT2D eigenvalue weighted by atomic mass is 16.3. The number of aliphatic hydroxyl groups excluding tert-OH is 1. The first-order valence-electron chi connectivity index (χ1n) is 5.10. The van der Waals surface area contributed by atoms with Gasteiger partial charge in [0, 0.05) is 5.92 Å². The summed E-state index contributed by atoms with van der Waals surface area (Å²) >= 11 is 0. The molecule has 3 heteroatoms. The van der Waals surface area contributed by atoms with E-state index in [1.165, 1.54) is 0 Å². The van der Waals surface area contributed by atoms with Crippen molar-refractivity contribution in [3.63, 3.8) is 0 Å². The molecule has 3 nitrogen and oxygen atoms in total. The number of rotatable bonds is 3. The van der Waals surface area contributed by atoms with Gasteiger partial charge in [0.05, 0.1) is 12.1 Å². The molecule has 0 aromatic carbocycles. The normalized spacial score (nSPS) is 34.9. The van der Waals surface area contributed by atoms with Gasteiger partial charge in [-0.15, -0.1) is 0 Å². The van der Waals surface area contributed by atoms with Gasteiger partial charge in [0.15, 0.2) is 0 Å². The van der Waals surface area contributed by atoms with Crippen molar-refractivity contribution >= 4 is 5.91 Å². The van der Waals surface area contributed by atoms with Crippen LogP contribution >= 0.6 is 0 Å². The lowest BCUT2D eigenvalue weighted by Gasteiger charge is -2.41. The summed E-state index contributed by atoms with van der Waals surface area (Å²) in [6.45, 7) is 2.19. The smallest absolute Gasteiger partial charge is 0.223 e. The predicted octanol–water partition coefficient (Wildman–Crippen LogP) is 0.674. The molecule has 2 aliphatic carbocycles. The van der Waals surface area contributed by atoms with Gasteiger partial charge in [0.2, 0.25) is 5.91 Å². The van der Waals surface area contributed by atoms with Crippen LogP contribution in [-0.2, 0) is 4.79 Å². The molecule has 0 heterocycles. The topological polar surface area (TPSA) is 49.3 Å². The number of aliphatic hydroxyl groups is 1. The van der Waals surface area contributed by atoms with Gasteiger partial charge in [-0.05, 0) is 31.6 Å². The molecule has 0 saturated heterocycles. The standard InChI is InChI=1S/C10H17NO2/c1-7-5-8(7)9(13)11-10(6-12)3-2-4-10/h7-8,12H,2-6H2,1H3,(H,11,13). The van der Waals surface area contributed by atoms with Crippen LogP contribution in [-0.4, -0.2) is 23.2 Å². The lowest BCUT2D eigenvalue weighted by molar-refractivity contribution is -0.126. The quantitative estimate of drug-likeness (QED) is 0.675. The van der Waals surface area contributed by atoms with E-state index < -0.39 is 0 Å². The van der Waals surface area contributed by atoms with Gasteiger partial charge in [-0.2, -0.15) is 0 Å². The van der Waals surface area contributed by atoms with Crippen LogP contribution in [0.5, 0.6) is 0 Å². The SMILES string of the molecule is CC1CC1C(=O)NC1(CO)CCC1. The monoisotopic (exact) mass is 183 g/mol. The maximum absolute atomic E-state index is 11.6. The van der Waals surface area contributed by atoms with Gasteiger partial charge in [0.25, 0.3) is 0 Å². The van der Waals surface area contributed by atoms with Crippen molar-refractivity contribution in [2.75, 3.05) is 6.61 Å². The Morgan fingerprint density at radius 1 is 1.62 bits per heavy atom. The summed E-state index contributed by atoms with van der Waals surface area (Å²) in [4.78, 5) is 11.6. The van der Waals surface area contributed by atoms with Crippen molar-refractivity contribution in [3.05, 3.63) is 0 Å². The van der Waals surface area contributed by atoms with Crippen molar-refractivity contribution in [1.29, 1.82) is 0 Å². The van der Waals surface area contributed by atoms with Crippen LogP contribution < -0.4 is 5.32 Å². The third-order valence-electron chi connectivity index (χ3n) is 3.45. The van der Waals surface area contributed by atoms with Crippen LogP contribution in [0.2, 0.25) is 0 Å². The fourth-order valence-corrected chi connectivity index (χ4v) is 1.97. The van der Waals surface area contributed by atoms with E-state index >= 15 is 0 Å². The number of amides is 1. The largest absolute Gasteiger partial charge is 0.394 e. The zero-order valence-electron chi connectivity index (χ0n) is 8.05. The molecule has 2 aliphatic rings. The fourth-order valence-electron chi connectivity index (χ4n) is 1.97. The maximum Gasteiger partial charge on any atom is 0.223 e. The van der Waals surface area contributed by atoms with Crippen LogP contribution in [0.25, 0.3) is 0 Å². The van der Waals surface area contributed by atoms with Crippen molar-refractivity contribution in [1.82, 2.24) is 5.32 Å². The predicted molar refractivity (Wildman–Crippen MR) is 49.1 cm³/mol. The molecule has 1 amide bonds. The number of hydrogen-bond donors (Lipinski definition) is 2. The third kappa shape index (κ3) is 1.57. The van der Waals surface area contributed by atoms with Gasteiger partial charge in [0.1, 0.15) is 0 Å². The molecule has 2 fully saturated rings. The fraction of sp³-hybridized carbons (Fsp3) is 0.900. The Morgan fingerprint density at radius 3 is 2.54 bits per heavy atom. The van der Waals surface area contributed by atoms with E-state index in [4.69, 9.17) is 5.11 Å². The molecule has 0 bridgehead atoms. The van der Waals surface area contributed by atoms with Gasteiger partial charge < -0.3 is 10.4 Å². The molecule has 2 rings (SSSR count). The summed E-state index contributed by atoms with van der Waals surface area (Å²) in [5.41, 5.74) is -0.251. The van der Waals surface area contributed by atoms with Crippen LogP contribution in [0.4, 0.5) is 0 Å². The second kappa shape index (κ2) is 2.98. The summed E-state index contributed by atoms with van der Waals surface area (Å²) in [7, 11) is 0. The molecule has 0 spiro atoms. The van der Waals surface area contributed by atoms with Gasteiger partial charge >= 0.3 is 0 Å². The Hall–Kier alpha value is -0.570. The molecule has 0 aromatic heterocycles. The molecular formula is C10H17NO2. The van der Waals surface area contributed by atoms with E-state index in [0.29, 0.717) is 5.92 Å². The second-order valence-corrected chi connectivity index (χ2v) is 4.60. The summed E-state index contributed by atoms with van der Waals surface area (Å²) in [5, 5.41) is 12.1. The Kier molecular flexibility index (Phi) is 2.06. The lowest BCUT2D eigenvalue weighted by atomic mass is 9.77. The first kappa shape index (κ1) is 9.00. The van der Waals surface area contributed by atoms with E-state index in [9.17, 15) is 4.79 Å². The molecule has 0 aromatic rings. The molecule has 2 N–H and O–H groups in total. The lowest BCUT2D eigenvalue weighted by Crippen LogP contribution is -2.56. The highest BCUT2D eigenvalue weighted by molar-refractivity contribution is 5.82. The average molecular weight is 183 g/mol. The molecule has 2 saturated carbocycles. The third-order valence-corrected chi connectivity index (χ3v) is 3.45. The van der Waals surface area contributed by atoms with Gasteiger partial charge in [-0.3, -0.25) is 4.79 Å². The minimum atomic E-state index is -0.251. The Labute approximate surface area is 78.5 Å². The minimum Gasteiger partial charge on any atom is -0.394 e. The number of hydrogen-bond acceptors (Lipinski definition) is 2. The van der Waals surface area contributed by atoms with Gasteiger partial charge in [-0.1, -0.05) is 6.92 Å². The second-order valence-electron chi connectivity index (χ2n) is 4.60. The zero-order chi connectivity index (χ0) is 9.47. The highest BCUT2D eigenvalue weighted by Gasteiger charge is 2.44. The first-order valence-corrected chi connectivity index (χ1v) is 5.10. The zero-order valence-corrected chi connectivity index (χ0v) is 8.05. The highest BCUT2D eigenvalue weighted by Crippen LogP contribution is 2.39. The summed E-state index contributed by atoms with van der Waals surface area (Å²) < 4.78 is 0. The average Bonchev–Trinajstić information content (AvgIpc) is 2.75. The van der Waals surface area contributed by atoms with Crippen molar-refractivity contribution in [2.45, 2.75) is 38.1 Å². The van der Waals surface area contributed by atoms with Crippen molar-refractivity contribution in [3.8, 4) is 0 Å². The maximum atomic E-state index is 11.6. The molecule has 74 valence electrons. The minimum absolute atomic E-state index is 0.0971. The van der Waals surface area contributed by atoms with Crippen molar-refractivity contribution in [2.24, 2.45) is 11.8 Å². The Morgan fingerprint density at radius 2 is 2.23 bits per heavy atom. The van der Waals surface area contributed by atoms with E-state index in [0.717, 1.165) is 25.7 Å². The first-order chi connectivity index (χ1) is 6.17. The van der Waals surface area contributed by atoms with Crippen LogP contribution in [0.3, 0.4) is 0 Å². The Balaban J connectivity index is 1.86. The molecule has 2 atom stereocenters. The molecular weight excluding hydrogens is 166 g/mol. The van der Waals surface area contributed by atoms with E-state index in [1.54, 1.807) is 0 Å². The molecule has 0 aliphatic heterocycles. The van der Waals surface area contributed by atoms with Crippen LogP contribution in [0, 0.1) is 11.8 Å².